The summed E-state index contributed by atoms with van der Waals surface area (Å²) >= 11 is 0. The number of carbonyl (C=O) groups excluding carboxylic acids is 2. The van der Waals surface area contributed by atoms with Crippen LogP contribution in [-0.4, -0.2) is 61.8 Å². The lowest BCUT2D eigenvalue weighted by Crippen LogP contribution is -2.48. The van der Waals surface area contributed by atoms with E-state index in [0.717, 1.165) is 50.4 Å². The number of ketones is 1. The van der Waals surface area contributed by atoms with Crippen molar-refractivity contribution in [2.75, 3.05) is 37.8 Å². The van der Waals surface area contributed by atoms with E-state index in [2.05, 4.69) is 65.6 Å². The van der Waals surface area contributed by atoms with Crippen LogP contribution in [0.4, 0.5) is 10.5 Å². The molecule has 39 heavy (non-hydrogen) atoms. The Labute approximate surface area is 229 Å². The first-order valence-electron chi connectivity index (χ1n) is 14.3. The minimum atomic E-state index is -0.231. The van der Waals surface area contributed by atoms with Crippen molar-refractivity contribution >= 4 is 17.6 Å². The first-order chi connectivity index (χ1) is 19.2. The van der Waals surface area contributed by atoms with Crippen LogP contribution in [0.3, 0.4) is 0 Å². The number of Topliss-reactive ketones (excluding diaryl/α,β-unsaturated/α-hetero) is 1. The lowest BCUT2D eigenvalue weighted by atomic mass is 9.85. The van der Waals surface area contributed by atoms with Crippen molar-refractivity contribution in [3.63, 3.8) is 0 Å². The zero-order chi connectivity index (χ0) is 26.3. The Kier molecular flexibility index (Phi) is 6.36. The van der Waals surface area contributed by atoms with E-state index >= 15 is 0 Å². The highest BCUT2D eigenvalue weighted by molar-refractivity contribution is 5.98. The number of hydrogen-bond acceptors (Lipinski definition) is 5. The number of hydrogen-bond donors (Lipinski definition) is 0. The first kappa shape index (κ1) is 24.4. The van der Waals surface area contributed by atoms with Crippen molar-refractivity contribution in [2.24, 2.45) is 5.92 Å². The third-order valence-electron chi connectivity index (χ3n) is 9.18. The molecular weight excluding hydrogens is 488 g/mol. The number of fused-ring (bicyclic) bond motifs is 5. The Morgan fingerprint density at radius 1 is 0.795 bits per heavy atom. The second kappa shape index (κ2) is 10.2. The summed E-state index contributed by atoms with van der Waals surface area (Å²) < 4.78 is 11.5. The quantitative estimate of drug-likeness (QED) is 0.391. The van der Waals surface area contributed by atoms with Crippen LogP contribution in [0.25, 0.3) is 11.1 Å². The van der Waals surface area contributed by atoms with Crippen molar-refractivity contribution in [2.45, 2.75) is 43.7 Å². The second-order valence-electron chi connectivity index (χ2n) is 11.3. The normalized spacial score (nSPS) is 23.8. The van der Waals surface area contributed by atoms with Gasteiger partial charge < -0.3 is 19.3 Å². The van der Waals surface area contributed by atoms with Crippen molar-refractivity contribution in [3.8, 4) is 11.1 Å². The summed E-state index contributed by atoms with van der Waals surface area (Å²) in [5.41, 5.74) is 6.81. The van der Waals surface area contributed by atoms with Gasteiger partial charge in [0.25, 0.3) is 0 Å². The number of nitrogens with zero attached hydrogens (tertiary/aromatic N) is 2. The maximum absolute atomic E-state index is 13.4. The van der Waals surface area contributed by atoms with Crippen LogP contribution in [0, 0.1) is 5.92 Å². The lowest BCUT2D eigenvalue weighted by molar-refractivity contribution is 0.0506. The summed E-state index contributed by atoms with van der Waals surface area (Å²) in [5, 5.41) is 0. The number of amides is 1. The van der Waals surface area contributed by atoms with Crippen LogP contribution in [0.2, 0.25) is 0 Å². The molecule has 4 aliphatic rings. The average Bonchev–Trinajstić information content (AvgIpc) is 3.46. The molecule has 0 radical (unpaired) electrons. The van der Waals surface area contributed by atoms with E-state index in [4.69, 9.17) is 9.47 Å². The maximum atomic E-state index is 13.4. The summed E-state index contributed by atoms with van der Waals surface area (Å²) in [4.78, 5) is 31.1. The largest absolute Gasteiger partial charge is 0.448 e. The van der Waals surface area contributed by atoms with Crippen LogP contribution in [0.15, 0.2) is 72.8 Å². The van der Waals surface area contributed by atoms with Gasteiger partial charge in [0, 0.05) is 48.3 Å². The highest BCUT2D eigenvalue weighted by Crippen LogP contribution is 2.45. The van der Waals surface area contributed by atoms with E-state index in [0.29, 0.717) is 19.4 Å². The molecule has 1 amide bonds. The Morgan fingerprint density at radius 2 is 1.38 bits per heavy atom. The molecule has 3 heterocycles. The van der Waals surface area contributed by atoms with E-state index < -0.39 is 0 Å². The van der Waals surface area contributed by atoms with Gasteiger partial charge in [-0.2, -0.15) is 0 Å². The molecule has 3 aliphatic heterocycles. The molecular formula is C33H34N2O4. The van der Waals surface area contributed by atoms with Gasteiger partial charge in [-0.25, -0.2) is 4.79 Å². The van der Waals surface area contributed by atoms with Gasteiger partial charge >= 0.3 is 6.09 Å². The number of ether oxygens (including phenoxy) is 2. The number of morpholine rings is 1. The molecule has 200 valence electrons. The van der Waals surface area contributed by atoms with Crippen LogP contribution in [-0.2, 0) is 9.47 Å². The summed E-state index contributed by atoms with van der Waals surface area (Å²) in [5.74, 6) is 0.209. The summed E-state index contributed by atoms with van der Waals surface area (Å²) in [6.45, 7) is 3.58. The molecule has 0 saturated carbocycles. The van der Waals surface area contributed by atoms with Crippen LogP contribution in [0.5, 0.6) is 0 Å². The van der Waals surface area contributed by atoms with Crippen molar-refractivity contribution in [1.82, 2.24) is 4.90 Å². The number of anilines is 1. The van der Waals surface area contributed by atoms with Crippen LogP contribution < -0.4 is 4.90 Å². The zero-order valence-electron chi connectivity index (χ0n) is 22.1. The van der Waals surface area contributed by atoms with Crippen molar-refractivity contribution < 1.29 is 19.1 Å². The topological polar surface area (TPSA) is 59.1 Å². The predicted molar refractivity (Wildman–Crippen MR) is 150 cm³/mol. The van der Waals surface area contributed by atoms with E-state index in [1.54, 1.807) is 0 Å². The molecule has 2 atom stereocenters. The fourth-order valence-corrected chi connectivity index (χ4v) is 7.25. The van der Waals surface area contributed by atoms with Crippen molar-refractivity contribution in [3.05, 3.63) is 89.5 Å². The number of benzene rings is 3. The maximum Gasteiger partial charge on any atom is 0.410 e. The Bertz CT molecular complexity index is 1320. The fraction of sp³-hybridized carbons (Fsp3) is 0.394. The average molecular weight is 523 g/mol. The van der Waals surface area contributed by atoms with Gasteiger partial charge in [-0.3, -0.25) is 4.79 Å². The third kappa shape index (κ3) is 4.41. The van der Waals surface area contributed by atoms with Gasteiger partial charge in [-0.1, -0.05) is 48.5 Å². The summed E-state index contributed by atoms with van der Waals surface area (Å²) in [7, 11) is 0. The molecule has 6 heteroatoms. The van der Waals surface area contributed by atoms with E-state index in [1.165, 1.54) is 22.3 Å². The predicted octanol–water partition coefficient (Wildman–Crippen LogP) is 5.90. The van der Waals surface area contributed by atoms with Gasteiger partial charge in [0.1, 0.15) is 6.61 Å². The number of rotatable bonds is 5. The Hall–Kier alpha value is -3.64. The molecule has 3 aromatic rings. The molecule has 0 aromatic heterocycles. The van der Waals surface area contributed by atoms with Gasteiger partial charge in [-0.05, 0) is 72.2 Å². The summed E-state index contributed by atoms with van der Waals surface area (Å²) in [6.07, 6.45) is 3.07. The molecule has 3 saturated heterocycles. The second-order valence-corrected chi connectivity index (χ2v) is 11.3. The van der Waals surface area contributed by atoms with E-state index in [1.807, 2.05) is 17.0 Å². The Morgan fingerprint density at radius 3 is 2.00 bits per heavy atom. The van der Waals surface area contributed by atoms with Crippen LogP contribution >= 0.6 is 0 Å². The lowest BCUT2D eigenvalue weighted by Gasteiger charge is -2.37. The standard InChI is InChI=1S/C33H34N2O4/c36-32(22-9-11-24(12-10-22)34-15-17-38-18-16-34)23-19-25-13-14-26(20-23)35(25)33(37)39-21-31-29-7-3-1-5-27(29)28-6-2-4-8-30(28)31/h1-12,23,25-26,31H,13-21H2. The minimum absolute atomic E-state index is 0.0469. The van der Waals surface area contributed by atoms with Crippen LogP contribution in [0.1, 0.15) is 53.1 Å². The molecule has 6 nitrogen and oxygen atoms in total. The van der Waals surface area contributed by atoms with Gasteiger partial charge in [0.2, 0.25) is 0 Å². The SMILES string of the molecule is O=C(c1ccc(N2CCOCC2)cc1)C1CC2CCC(C1)N2C(=O)OCC1c2ccccc2-c2ccccc21. The molecule has 1 aliphatic carbocycles. The monoisotopic (exact) mass is 522 g/mol. The van der Waals surface area contributed by atoms with Gasteiger partial charge in [-0.15, -0.1) is 0 Å². The molecule has 7 rings (SSSR count). The zero-order valence-corrected chi connectivity index (χ0v) is 22.1. The first-order valence-corrected chi connectivity index (χ1v) is 14.3. The molecule has 0 N–H and O–H groups in total. The molecule has 3 fully saturated rings. The molecule has 2 unspecified atom stereocenters. The van der Waals surface area contributed by atoms with E-state index in [-0.39, 0.29) is 35.8 Å². The smallest absolute Gasteiger partial charge is 0.410 e. The molecule has 0 spiro atoms. The van der Waals surface area contributed by atoms with Gasteiger partial charge in [0.15, 0.2) is 5.78 Å². The summed E-state index contributed by atoms with van der Waals surface area (Å²) in [6, 6.07) is 25.0. The minimum Gasteiger partial charge on any atom is -0.448 e. The number of piperidine rings is 1. The highest BCUT2D eigenvalue weighted by atomic mass is 16.6. The molecule has 3 aromatic carbocycles. The molecule has 2 bridgehead atoms. The highest BCUT2D eigenvalue weighted by Gasteiger charge is 2.46. The van der Waals surface area contributed by atoms with Crippen molar-refractivity contribution in [1.29, 1.82) is 0 Å². The number of carbonyl (C=O) groups is 2. The third-order valence-corrected chi connectivity index (χ3v) is 9.18. The van der Waals surface area contributed by atoms with Gasteiger partial charge in [0.05, 0.1) is 13.2 Å². The van der Waals surface area contributed by atoms with E-state index in [9.17, 15) is 9.59 Å². The Balaban J connectivity index is 0.998. The fourth-order valence-electron chi connectivity index (χ4n) is 7.25.